The van der Waals surface area contributed by atoms with Crippen LogP contribution in [0.2, 0.25) is 0 Å². The van der Waals surface area contributed by atoms with Gasteiger partial charge >= 0.3 is 0 Å². The van der Waals surface area contributed by atoms with E-state index < -0.39 is 0 Å². The molecule has 4 nitrogen and oxygen atoms in total. The quantitative estimate of drug-likeness (QED) is 0.839. The van der Waals surface area contributed by atoms with Gasteiger partial charge in [0.1, 0.15) is 9.88 Å². The average Bonchev–Trinajstić information content (AvgIpc) is 2.89. The van der Waals surface area contributed by atoms with Gasteiger partial charge in [0.25, 0.3) is 5.91 Å². The standard InChI is InChI=1S/C17H23N3OS.2ClH/c1-12-14(16(21)20(4)11-17(2,3)10-18)22-15(19-12)13-8-6-5-7-9-13;;/h5-9H,10-11,18H2,1-4H3;2*1H. The lowest BCUT2D eigenvalue weighted by atomic mass is 9.93. The molecule has 2 N–H and O–H groups in total. The van der Waals surface area contributed by atoms with E-state index in [2.05, 4.69) is 18.8 Å². The molecular weight excluding hydrogens is 365 g/mol. The van der Waals surface area contributed by atoms with Crippen LogP contribution in [0.4, 0.5) is 0 Å². The van der Waals surface area contributed by atoms with Crippen LogP contribution in [0.25, 0.3) is 10.6 Å². The molecule has 0 atom stereocenters. The van der Waals surface area contributed by atoms with Gasteiger partial charge in [-0.1, -0.05) is 44.2 Å². The number of rotatable bonds is 5. The van der Waals surface area contributed by atoms with Crippen molar-refractivity contribution in [1.29, 1.82) is 0 Å². The smallest absolute Gasteiger partial charge is 0.265 e. The van der Waals surface area contributed by atoms with E-state index in [9.17, 15) is 4.79 Å². The van der Waals surface area contributed by atoms with Gasteiger partial charge in [0, 0.05) is 19.2 Å². The monoisotopic (exact) mass is 389 g/mol. The fraction of sp³-hybridized carbons (Fsp3) is 0.412. The van der Waals surface area contributed by atoms with Crippen molar-refractivity contribution in [3.8, 4) is 10.6 Å². The van der Waals surface area contributed by atoms with Crippen molar-refractivity contribution in [2.45, 2.75) is 20.8 Å². The summed E-state index contributed by atoms with van der Waals surface area (Å²) in [4.78, 5) is 19.6. The Morgan fingerprint density at radius 2 is 1.83 bits per heavy atom. The van der Waals surface area contributed by atoms with E-state index in [1.165, 1.54) is 11.3 Å². The molecule has 24 heavy (non-hydrogen) atoms. The first kappa shape index (κ1) is 22.9. The second kappa shape index (κ2) is 9.37. The maximum Gasteiger partial charge on any atom is 0.265 e. The van der Waals surface area contributed by atoms with Crippen molar-refractivity contribution in [2.75, 3.05) is 20.1 Å². The van der Waals surface area contributed by atoms with Crippen LogP contribution >= 0.6 is 36.2 Å². The molecule has 0 saturated carbocycles. The third kappa shape index (κ3) is 5.45. The molecule has 1 aromatic carbocycles. The van der Waals surface area contributed by atoms with Crippen molar-refractivity contribution in [1.82, 2.24) is 9.88 Å². The summed E-state index contributed by atoms with van der Waals surface area (Å²) in [6.07, 6.45) is 0. The van der Waals surface area contributed by atoms with Crippen LogP contribution in [0.3, 0.4) is 0 Å². The number of carbonyl (C=O) groups is 1. The Hall–Kier alpha value is -1.14. The molecule has 0 aliphatic heterocycles. The van der Waals surface area contributed by atoms with E-state index in [0.29, 0.717) is 18.0 Å². The minimum atomic E-state index is -0.0920. The molecule has 0 radical (unpaired) electrons. The number of aryl methyl sites for hydroxylation is 1. The van der Waals surface area contributed by atoms with Gasteiger partial charge in [-0.25, -0.2) is 4.98 Å². The van der Waals surface area contributed by atoms with E-state index in [4.69, 9.17) is 5.73 Å². The molecule has 0 fully saturated rings. The Labute approximate surface area is 160 Å². The number of hydrogen-bond acceptors (Lipinski definition) is 4. The normalized spacial score (nSPS) is 10.5. The van der Waals surface area contributed by atoms with Crippen LogP contribution < -0.4 is 5.73 Å². The highest BCUT2D eigenvalue weighted by atomic mass is 35.5. The predicted octanol–water partition coefficient (Wildman–Crippen LogP) is 4.02. The van der Waals surface area contributed by atoms with Gasteiger partial charge in [-0.2, -0.15) is 0 Å². The number of thiazole rings is 1. The second-order valence-corrected chi connectivity index (χ2v) is 7.33. The topological polar surface area (TPSA) is 59.2 Å². The first-order chi connectivity index (χ1) is 10.3. The number of nitrogens with two attached hydrogens (primary N) is 1. The lowest BCUT2D eigenvalue weighted by Crippen LogP contribution is -2.39. The summed E-state index contributed by atoms with van der Waals surface area (Å²) in [5, 5.41) is 0.882. The highest BCUT2D eigenvalue weighted by Gasteiger charge is 2.24. The fourth-order valence-electron chi connectivity index (χ4n) is 2.25. The molecule has 1 amide bonds. The van der Waals surface area contributed by atoms with Crippen LogP contribution in [0.1, 0.15) is 29.2 Å². The summed E-state index contributed by atoms with van der Waals surface area (Å²) in [6.45, 7) is 7.18. The Balaban J connectivity index is 0.00000264. The van der Waals surface area contributed by atoms with Gasteiger partial charge < -0.3 is 10.6 Å². The minimum Gasteiger partial charge on any atom is -0.340 e. The summed E-state index contributed by atoms with van der Waals surface area (Å²) in [5.74, 6) is 0.0127. The van der Waals surface area contributed by atoms with Crippen LogP contribution in [0.15, 0.2) is 30.3 Å². The zero-order chi connectivity index (χ0) is 16.3. The molecular formula is C17H25Cl2N3OS. The van der Waals surface area contributed by atoms with Crippen molar-refractivity contribution in [3.63, 3.8) is 0 Å². The van der Waals surface area contributed by atoms with E-state index in [1.54, 1.807) is 4.90 Å². The molecule has 0 aliphatic rings. The maximum absolute atomic E-state index is 12.7. The number of halogens is 2. The predicted molar refractivity (Wildman–Crippen MR) is 107 cm³/mol. The Bertz CT molecular complexity index is 659. The first-order valence-corrected chi connectivity index (χ1v) is 8.14. The third-order valence-electron chi connectivity index (χ3n) is 3.58. The summed E-state index contributed by atoms with van der Waals surface area (Å²) < 4.78 is 0. The van der Waals surface area contributed by atoms with Crippen molar-refractivity contribution in [2.24, 2.45) is 11.1 Å². The average molecular weight is 390 g/mol. The molecule has 0 spiro atoms. The molecule has 2 aromatic rings. The van der Waals surface area contributed by atoms with Crippen molar-refractivity contribution < 1.29 is 4.79 Å². The molecule has 2 rings (SSSR count). The van der Waals surface area contributed by atoms with Gasteiger partial charge in [-0.05, 0) is 18.9 Å². The summed E-state index contributed by atoms with van der Waals surface area (Å²) in [6, 6.07) is 9.94. The Kier molecular flexibility index (Phi) is 8.93. The third-order valence-corrected chi connectivity index (χ3v) is 4.77. The molecule has 1 aromatic heterocycles. The van der Waals surface area contributed by atoms with E-state index in [1.807, 2.05) is 44.3 Å². The summed E-state index contributed by atoms with van der Waals surface area (Å²) in [7, 11) is 1.82. The Morgan fingerprint density at radius 3 is 2.38 bits per heavy atom. The molecule has 7 heteroatoms. The number of aromatic nitrogens is 1. The molecule has 0 aliphatic carbocycles. The Morgan fingerprint density at radius 1 is 1.25 bits per heavy atom. The minimum absolute atomic E-state index is 0. The maximum atomic E-state index is 12.7. The van der Waals surface area contributed by atoms with E-state index in [-0.39, 0.29) is 36.1 Å². The van der Waals surface area contributed by atoms with Crippen LogP contribution in [-0.2, 0) is 0 Å². The highest BCUT2D eigenvalue weighted by Crippen LogP contribution is 2.29. The largest absolute Gasteiger partial charge is 0.340 e. The zero-order valence-electron chi connectivity index (χ0n) is 14.4. The lowest BCUT2D eigenvalue weighted by molar-refractivity contribution is 0.0744. The number of hydrogen-bond donors (Lipinski definition) is 1. The second-order valence-electron chi connectivity index (χ2n) is 6.33. The molecule has 1 heterocycles. The fourth-order valence-corrected chi connectivity index (χ4v) is 3.32. The molecule has 0 saturated heterocycles. The SMILES string of the molecule is Cc1nc(-c2ccccc2)sc1C(=O)N(C)CC(C)(C)CN.Cl.Cl. The van der Waals surface area contributed by atoms with Gasteiger partial charge in [0.05, 0.1) is 5.69 Å². The van der Waals surface area contributed by atoms with Gasteiger partial charge in [-0.15, -0.1) is 36.2 Å². The van der Waals surface area contributed by atoms with Crippen molar-refractivity contribution in [3.05, 3.63) is 40.9 Å². The summed E-state index contributed by atoms with van der Waals surface area (Å²) >= 11 is 1.45. The van der Waals surface area contributed by atoms with E-state index >= 15 is 0 Å². The van der Waals surface area contributed by atoms with Crippen LogP contribution in [-0.4, -0.2) is 35.9 Å². The van der Waals surface area contributed by atoms with Gasteiger partial charge in [0.2, 0.25) is 0 Å². The number of benzene rings is 1. The molecule has 0 unspecified atom stereocenters. The number of nitrogens with zero attached hydrogens (tertiary/aromatic N) is 2. The molecule has 134 valence electrons. The zero-order valence-corrected chi connectivity index (χ0v) is 16.9. The van der Waals surface area contributed by atoms with E-state index in [0.717, 1.165) is 16.3 Å². The van der Waals surface area contributed by atoms with Crippen LogP contribution in [0.5, 0.6) is 0 Å². The van der Waals surface area contributed by atoms with Crippen molar-refractivity contribution >= 4 is 42.1 Å². The van der Waals surface area contributed by atoms with Gasteiger partial charge in [-0.3, -0.25) is 4.79 Å². The van der Waals surface area contributed by atoms with Crippen LogP contribution in [0, 0.1) is 12.3 Å². The number of carbonyl (C=O) groups excluding carboxylic acids is 1. The first-order valence-electron chi connectivity index (χ1n) is 7.32. The summed E-state index contributed by atoms with van der Waals surface area (Å²) in [5.41, 5.74) is 7.49. The number of amides is 1. The highest BCUT2D eigenvalue weighted by molar-refractivity contribution is 7.17. The lowest BCUT2D eigenvalue weighted by Gasteiger charge is -2.28. The van der Waals surface area contributed by atoms with Gasteiger partial charge in [0.15, 0.2) is 0 Å². The molecule has 0 bridgehead atoms.